The van der Waals surface area contributed by atoms with Gasteiger partial charge in [-0.2, -0.15) is 0 Å². The molecule has 1 aliphatic carbocycles. The number of nitrogens with one attached hydrogen (secondary N) is 1. The molecular weight excluding hydrogens is 278 g/mol. The van der Waals surface area contributed by atoms with E-state index in [0.717, 1.165) is 18.4 Å². The van der Waals surface area contributed by atoms with Crippen LogP contribution >= 0.6 is 11.5 Å². The van der Waals surface area contributed by atoms with Gasteiger partial charge in [-0.25, -0.2) is 0 Å². The zero-order valence-corrected chi connectivity index (χ0v) is 15.1. The molecule has 3 unspecified atom stereocenters. The van der Waals surface area contributed by atoms with E-state index in [2.05, 4.69) is 49.5 Å². The van der Waals surface area contributed by atoms with E-state index in [0.29, 0.717) is 6.04 Å². The van der Waals surface area contributed by atoms with Crippen LogP contribution < -0.4 is 5.32 Å². The summed E-state index contributed by atoms with van der Waals surface area (Å²) in [7, 11) is 0. The van der Waals surface area contributed by atoms with Crippen LogP contribution in [0, 0.1) is 11.8 Å². The Hall–Kier alpha value is -0.480. The minimum Gasteiger partial charge on any atom is -0.309 e. The highest BCUT2D eigenvalue weighted by Gasteiger charge is 2.36. The molecule has 4 heteroatoms. The first-order valence-electron chi connectivity index (χ1n) is 8.55. The van der Waals surface area contributed by atoms with Crippen LogP contribution in [-0.2, 0) is 5.41 Å². The van der Waals surface area contributed by atoms with Gasteiger partial charge in [0.1, 0.15) is 0 Å². The van der Waals surface area contributed by atoms with Gasteiger partial charge >= 0.3 is 0 Å². The fraction of sp³-hybridized carbons (Fsp3) is 0.882. The molecule has 0 saturated heterocycles. The minimum absolute atomic E-state index is 0.0758. The van der Waals surface area contributed by atoms with Crippen LogP contribution in [0.3, 0.4) is 0 Å². The van der Waals surface area contributed by atoms with Crippen molar-refractivity contribution >= 4 is 11.5 Å². The lowest BCUT2D eigenvalue weighted by Crippen LogP contribution is -2.35. The van der Waals surface area contributed by atoms with Crippen molar-refractivity contribution in [3.8, 4) is 0 Å². The largest absolute Gasteiger partial charge is 0.309 e. The highest BCUT2D eigenvalue weighted by Crippen LogP contribution is 2.43. The SMILES string of the molecule is CCNC(c1snnc1C(C)(C)C)C1CCCCC1CC. The van der Waals surface area contributed by atoms with E-state index in [9.17, 15) is 0 Å². The molecule has 2 rings (SSSR count). The molecule has 0 amide bonds. The predicted octanol–water partition coefficient (Wildman–Crippen LogP) is 4.70. The lowest BCUT2D eigenvalue weighted by Gasteiger charge is -2.37. The maximum Gasteiger partial charge on any atom is 0.0857 e. The van der Waals surface area contributed by atoms with Gasteiger partial charge in [-0.1, -0.05) is 64.8 Å². The third-order valence-corrected chi connectivity index (χ3v) is 5.66. The molecule has 21 heavy (non-hydrogen) atoms. The zero-order chi connectivity index (χ0) is 15.5. The van der Waals surface area contributed by atoms with Crippen molar-refractivity contribution in [1.82, 2.24) is 14.9 Å². The highest BCUT2D eigenvalue weighted by molar-refractivity contribution is 7.05. The van der Waals surface area contributed by atoms with Gasteiger partial charge in [0, 0.05) is 11.5 Å². The van der Waals surface area contributed by atoms with Crippen molar-refractivity contribution in [2.45, 2.75) is 78.2 Å². The van der Waals surface area contributed by atoms with Gasteiger partial charge in [-0.05, 0) is 36.3 Å². The fourth-order valence-electron chi connectivity index (χ4n) is 3.76. The second kappa shape index (κ2) is 7.19. The van der Waals surface area contributed by atoms with Gasteiger partial charge in [0.05, 0.1) is 10.6 Å². The monoisotopic (exact) mass is 309 g/mol. The second-order valence-corrected chi connectivity index (χ2v) is 8.17. The van der Waals surface area contributed by atoms with Crippen LogP contribution in [0.25, 0.3) is 0 Å². The third kappa shape index (κ3) is 3.84. The lowest BCUT2D eigenvalue weighted by atomic mass is 9.72. The molecule has 0 bridgehead atoms. The van der Waals surface area contributed by atoms with Crippen LogP contribution in [-0.4, -0.2) is 16.1 Å². The molecule has 1 aromatic rings. The molecule has 0 aliphatic heterocycles. The molecule has 0 aromatic carbocycles. The molecule has 1 aromatic heterocycles. The molecule has 3 atom stereocenters. The topological polar surface area (TPSA) is 37.8 Å². The molecule has 0 radical (unpaired) electrons. The normalized spacial score (nSPS) is 25.0. The summed E-state index contributed by atoms with van der Waals surface area (Å²) in [6.07, 6.45) is 6.81. The maximum absolute atomic E-state index is 4.46. The standard InChI is InChI=1S/C17H31N3S/c1-6-12-10-8-9-11-13(12)14(18-7-2)15-16(17(3,4)5)19-20-21-15/h12-14,18H,6-11H2,1-5H3. The van der Waals surface area contributed by atoms with Gasteiger partial charge in [0.15, 0.2) is 0 Å². The van der Waals surface area contributed by atoms with E-state index in [1.165, 1.54) is 42.7 Å². The van der Waals surface area contributed by atoms with Crippen molar-refractivity contribution in [3.05, 3.63) is 10.6 Å². The van der Waals surface area contributed by atoms with Crippen LogP contribution in [0.5, 0.6) is 0 Å². The Balaban J connectivity index is 2.32. The van der Waals surface area contributed by atoms with Gasteiger partial charge in [-0.15, -0.1) is 5.10 Å². The summed E-state index contributed by atoms with van der Waals surface area (Å²) in [5.74, 6) is 1.59. The van der Waals surface area contributed by atoms with Crippen LogP contribution in [0.15, 0.2) is 0 Å². The highest BCUT2D eigenvalue weighted by atomic mass is 32.1. The first-order chi connectivity index (χ1) is 9.99. The first-order valence-corrected chi connectivity index (χ1v) is 9.32. The minimum atomic E-state index is 0.0758. The molecule has 0 spiro atoms. The average molecular weight is 310 g/mol. The van der Waals surface area contributed by atoms with Crippen LogP contribution in [0.1, 0.15) is 83.3 Å². The van der Waals surface area contributed by atoms with Gasteiger partial charge in [0.2, 0.25) is 0 Å². The Kier molecular flexibility index (Phi) is 5.78. The summed E-state index contributed by atoms with van der Waals surface area (Å²) in [5, 5.41) is 8.23. The molecule has 1 heterocycles. The van der Waals surface area contributed by atoms with Crippen LogP contribution in [0.2, 0.25) is 0 Å². The number of aromatic nitrogens is 2. The number of hydrogen-bond acceptors (Lipinski definition) is 4. The summed E-state index contributed by atoms with van der Waals surface area (Å²) >= 11 is 1.61. The number of rotatable bonds is 5. The molecule has 1 aliphatic rings. The van der Waals surface area contributed by atoms with Crippen molar-refractivity contribution < 1.29 is 0 Å². The van der Waals surface area contributed by atoms with E-state index in [1.807, 2.05) is 0 Å². The van der Waals surface area contributed by atoms with Gasteiger partial charge in [0.25, 0.3) is 0 Å². The van der Waals surface area contributed by atoms with Crippen molar-refractivity contribution in [2.75, 3.05) is 6.54 Å². The van der Waals surface area contributed by atoms with Crippen LogP contribution in [0.4, 0.5) is 0 Å². The molecule has 3 nitrogen and oxygen atoms in total. The smallest absolute Gasteiger partial charge is 0.0857 e. The van der Waals surface area contributed by atoms with Crippen molar-refractivity contribution in [1.29, 1.82) is 0 Å². The predicted molar refractivity (Wildman–Crippen MR) is 90.8 cm³/mol. The van der Waals surface area contributed by atoms with Crippen molar-refractivity contribution in [3.63, 3.8) is 0 Å². The summed E-state index contributed by atoms with van der Waals surface area (Å²) in [4.78, 5) is 1.38. The van der Waals surface area contributed by atoms with Crippen molar-refractivity contribution in [2.24, 2.45) is 11.8 Å². The lowest BCUT2D eigenvalue weighted by molar-refractivity contribution is 0.177. The van der Waals surface area contributed by atoms with E-state index in [4.69, 9.17) is 0 Å². The molecule has 1 fully saturated rings. The number of nitrogens with zero attached hydrogens (tertiary/aromatic N) is 2. The van der Waals surface area contributed by atoms with E-state index < -0.39 is 0 Å². The first kappa shape index (κ1) is 16.9. The second-order valence-electron chi connectivity index (χ2n) is 7.39. The summed E-state index contributed by atoms with van der Waals surface area (Å²) in [5.41, 5.74) is 1.27. The quantitative estimate of drug-likeness (QED) is 0.856. The fourth-order valence-corrected chi connectivity index (χ4v) is 4.78. The number of hydrogen-bond donors (Lipinski definition) is 1. The Morgan fingerprint density at radius 3 is 2.57 bits per heavy atom. The third-order valence-electron chi connectivity index (χ3n) is 4.85. The summed E-state index contributed by atoms with van der Waals surface area (Å²) in [6.45, 7) is 12.3. The maximum atomic E-state index is 4.46. The molecule has 1 N–H and O–H groups in total. The summed E-state index contributed by atoms with van der Waals surface area (Å²) in [6, 6.07) is 0.439. The van der Waals surface area contributed by atoms with E-state index in [1.54, 1.807) is 11.5 Å². The molecule has 120 valence electrons. The Morgan fingerprint density at radius 1 is 1.24 bits per heavy atom. The zero-order valence-electron chi connectivity index (χ0n) is 14.3. The van der Waals surface area contributed by atoms with E-state index >= 15 is 0 Å². The summed E-state index contributed by atoms with van der Waals surface area (Å²) < 4.78 is 4.29. The molecule has 1 saturated carbocycles. The van der Waals surface area contributed by atoms with Gasteiger partial charge < -0.3 is 5.32 Å². The molecular formula is C17H31N3S. The average Bonchev–Trinajstić information content (AvgIpc) is 2.94. The van der Waals surface area contributed by atoms with E-state index in [-0.39, 0.29) is 5.41 Å². The Labute approximate surface area is 134 Å². The Morgan fingerprint density at radius 2 is 1.95 bits per heavy atom. The van der Waals surface area contributed by atoms with Gasteiger partial charge in [-0.3, -0.25) is 0 Å². The Bertz CT molecular complexity index is 435.